The summed E-state index contributed by atoms with van der Waals surface area (Å²) in [7, 11) is 4.11. The summed E-state index contributed by atoms with van der Waals surface area (Å²) in [5.41, 5.74) is 1.31. The standard InChI is InChI=1S/C22H35ClN4O/c1-4-28-20-10-13-27(14-11-20)22(24-2)25-16-18-8-6-12-26(3)21(18)17-7-5-9-19(23)15-17/h5,7,9,15,18,20-21H,4,6,8,10-14,16H2,1-3H3,(H,24,25). The number of halogens is 1. The van der Waals surface area contributed by atoms with Crippen LogP contribution in [0, 0.1) is 5.92 Å². The van der Waals surface area contributed by atoms with Crippen LogP contribution in [0.15, 0.2) is 29.3 Å². The Labute approximate surface area is 175 Å². The zero-order valence-electron chi connectivity index (χ0n) is 17.5. The molecule has 2 aliphatic rings. The van der Waals surface area contributed by atoms with Gasteiger partial charge in [0.25, 0.3) is 0 Å². The lowest BCUT2D eigenvalue weighted by molar-refractivity contribution is 0.0262. The van der Waals surface area contributed by atoms with Gasteiger partial charge in [0.05, 0.1) is 6.10 Å². The van der Waals surface area contributed by atoms with Crippen LogP contribution in [0.4, 0.5) is 0 Å². The third kappa shape index (κ3) is 5.40. The van der Waals surface area contributed by atoms with E-state index in [1.54, 1.807) is 0 Å². The Hall–Kier alpha value is -1.30. The Morgan fingerprint density at radius 1 is 1.25 bits per heavy atom. The van der Waals surface area contributed by atoms with Crippen molar-refractivity contribution in [2.24, 2.45) is 10.9 Å². The fraction of sp³-hybridized carbons (Fsp3) is 0.682. The molecule has 2 saturated heterocycles. The Kier molecular flexibility index (Phi) is 8.00. The van der Waals surface area contributed by atoms with Crippen LogP contribution < -0.4 is 5.32 Å². The number of guanidine groups is 1. The third-order valence-electron chi connectivity index (χ3n) is 6.08. The van der Waals surface area contributed by atoms with Gasteiger partial charge in [-0.05, 0) is 69.8 Å². The van der Waals surface area contributed by atoms with Crippen molar-refractivity contribution in [1.29, 1.82) is 0 Å². The van der Waals surface area contributed by atoms with Gasteiger partial charge in [0.15, 0.2) is 5.96 Å². The number of benzene rings is 1. The van der Waals surface area contributed by atoms with E-state index in [1.807, 2.05) is 13.1 Å². The summed E-state index contributed by atoms with van der Waals surface area (Å²) in [6.45, 7) is 6.95. The molecule has 0 saturated carbocycles. The van der Waals surface area contributed by atoms with E-state index >= 15 is 0 Å². The number of rotatable bonds is 5. The second-order valence-electron chi connectivity index (χ2n) is 7.95. The number of nitrogens with one attached hydrogen (secondary N) is 1. The molecule has 5 nitrogen and oxygen atoms in total. The van der Waals surface area contributed by atoms with Crippen LogP contribution in [-0.4, -0.2) is 68.7 Å². The van der Waals surface area contributed by atoms with E-state index in [0.29, 0.717) is 18.1 Å². The van der Waals surface area contributed by atoms with Crippen LogP contribution >= 0.6 is 11.6 Å². The maximum Gasteiger partial charge on any atom is 0.193 e. The fourth-order valence-electron chi connectivity index (χ4n) is 4.72. The first kappa shape index (κ1) is 21.4. The van der Waals surface area contributed by atoms with E-state index in [2.05, 4.69) is 52.3 Å². The van der Waals surface area contributed by atoms with Gasteiger partial charge in [-0.25, -0.2) is 0 Å². The molecule has 3 rings (SSSR count). The number of ether oxygens (including phenoxy) is 1. The molecule has 156 valence electrons. The minimum Gasteiger partial charge on any atom is -0.378 e. The quantitative estimate of drug-likeness (QED) is 0.596. The van der Waals surface area contributed by atoms with Crippen molar-refractivity contribution in [3.63, 3.8) is 0 Å². The van der Waals surface area contributed by atoms with Crippen LogP contribution in [0.1, 0.15) is 44.2 Å². The van der Waals surface area contributed by atoms with E-state index in [1.165, 1.54) is 18.4 Å². The number of hydrogen-bond acceptors (Lipinski definition) is 3. The van der Waals surface area contributed by atoms with Crippen LogP contribution in [0.3, 0.4) is 0 Å². The van der Waals surface area contributed by atoms with Gasteiger partial charge >= 0.3 is 0 Å². The minimum atomic E-state index is 0.391. The number of nitrogens with zero attached hydrogens (tertiary/aromatic N) is 3. The molecule has 2 heterocycles. The van der Waals surface area contributed by atoms with Gasteiger partial charge in [-0.3, -0.25) is 9.89 Å². The van der Waals surface area contributed by atoms with E-state index in [0.717, 1.165) is 56.6 Å². The van der Waals surface area contributed by atoms with Gasteiger partial charge in [0, 0.05) is 44.4 Å². The van der Waals surface area contributed by atoms with Gasteiger partial charge in [0.2, 0.25) is 0 Å². The van der Waals surface area contributed by atoms with E-state index < -0.39 is 0 Å². The summed E-state index contributed by atoms with van der Waals surface area (Å²) in [5.74, 6) is 1.56. The van der Waals surface area contributed by atoms with Crippen LogP contribution in [-0.2, 0) is 4.74 Å². The molecular formula is C22H35ClN4O. The summed E-state index contributed by atoms with van der Waals surface area (Å²) in [5, 5.41) is 4.48. The molecule has 0 aromatic heterocycles. The average molecular weight is 407 g/mol. The Morgan fingerprint density at radius 3 is 2.71 bits per heavy atom. The van der Waals surface area contributed by atoms with E-state index in [-0.39, 0.29) is 0 Å². The predicted molar refractivity (Wildman–Crippen MR) is 117 cm³/mol. The molecule has 1 aromatic rings. The second kappa shape index (κ2) is 10.5. The Morgan fingerprint density at radius 2 is 2.04 bits per heavy atom. The zero-order valence-corrected chi connectivity index (χ0v) is 18.3. The first-order valence-electron chi connectivity index (χ1n) is 10.6. The van der Waals surface area contributed by atoms with Gasteiger partial charge < -0.3 is 15.0 Å². The van der Waals surface area contributed by atoms with Crippen molar-refractivity contribution in [3.05, 3.63) is 34.9 Å². The molecule has 0 bridgehead atoms. The number of hydrogen-bond donors (Lipinski definition) is 1. The zero-order chi connectivity index (χ0) is 19.9. The van der Waals surface area contributed by atoms with Crippen molar-refractivity contribution >= 4 is 17.6 Å². The highest BCUT2D eigenvalue weighted by atomic mass is 35.5. The molecule has 6 heteroatoms. The molecule has 2 aliphatic heterocycles. The Balaban J connectivity index is 1.61. The van der Waals surface area contributed by atoms with Crippen molar-refractivity contribution in [3.8, 4) is 0 Å². The van der Waals surface area contributed by atoms with Crippen LogP contribution in [0.25, 0.3) is 0 Å². The van der Waals surface area contributed by atoms with E-state index in [9.17, 15) is 0 Å². The topological polar surface area (TPSA) is 40.1 Å². The lowest BCUT2D eigenvalue weighted by Gasteiger charge is -2.41. The lowest BCUT2D eigenvalue weighted by Crippen LogP contribution is -2.49. The Bertz CT molecular complexity index is 645. The van der Waals surface area contributed by atoms with Gasteiger partial charge in [0.1, 0.15) is 0 Å². The largest absolute Gasteiger partial charge is 0.378 e. The number of aliphatic imine (C=N–C) groups is 1. The lowest BCUT2D eigenvalue weighted by atomic mass is 9.85. The summed E-state index contributed by atoms with van der Waals surface area (Å²) >= 11 is 6.28. The van der Waals surface area contributed by atoms with Gasteiger partial charge in [-0.1, -0.05) is 23.7 Å². The smallest absolute Gasteiger partial charge is 0.193 e. The molecule has 0 spiro atoms. The minimum absolute atomic E-state index is 0.391. The maximum atomic E-state index is 6.28. The summed E-state index contributed by atoms with van der Waals surface area (Å²) < 4.78 is 5.78. The molecule has 28 heavy (non-hydrogen) atoms. The van der Waals surface area contributed by atoms with Crippen LogP contribution in [0.2, 0.25) is 5.02 Å². The molecule has 2 atom stereocenters. The molecule has 2 unspecified atom stereocenters. The third-order valence-corrected chi connectivity index (χ3v) is 6.31. The molecule has 2 fully saturated rings. The normalized spacial score (nSPS) is 25.1. The van der Waals surface area contributed by atoms with Crippen molar-refractivity contribution in [2.45, 2.75) is 44.8 Å². The molecule has 0 aliphatic carbocycles. The van der Waals surface area contributed by atoms with Crippen molar-refractivity contribution < 1.29 is 4.74 Å². The van der Waals surface area contributed by atoms with Gasteiger partial charge in [-0.15, -0.1) is 0 Å². The first-order valence-corrected chi connectivity index (χ1v) is 11.0. The molecule has 1 N–H and O–H groups in total. The summed E-state index contributed by atoms with van der Waals surface area (Å²) in [6, 6.07) is 8.73. The van der Waals surface area contributed by atoms with Crippen LogP contribution in [0.5, 0.6) is 0 Å². The summed E-state index contributed by atoms with van der Waals surface area (Å²) in [4.78, 5) is 9.40. The predicted octanol–water partition coefficient (Wildman–Crippen LogP) is 3.80. The average Bonchev–Trinajstić information content (AvgIpc) is 2.70. The molecule has 1 aromatic carbocycles. The van der Waals surface area contributed by atoms with Gasteiger partial charge in [-0.2, -0.15) is 0 Å². The second-order valence-corrected chi connectivity index (χ2v) is 8.39. The number of piperidine rings is 2. The molecule has 0 radical (unpaired) electrons. The highest BCUT2D eigenvalue weighted by Crippen LogP contribution is 2.35. The van der Waals surface area contributed by atoms with E-state index in [4.69, 9.17) is 16.3 Å². The maximum absolute atomic E-state index is 6.28. The fourth-order valence-corrected chi connectivity index (χ4v) is 4.91. The van der Waals surface area contributed by atoms with Crippen molar-refractivity contribution in [2.75, 3.05) is 46.9 Å². The molecular weight excluding hydrogens is 372 g/mol. The monoisotopic (exact) mass is 406 g/mol. The summed E-state index contributed by atoms with van der Waals surface area (Å²) in [6.07, 6.45) is 5.01. The SMILES string of the molecule is CCOC1CCN(C(=NC)NCC2CCCN(C)C2c2cccc(Cl)c2)CC1. The first-order chi connectivity index (χ1) is 13.6. The molecule has 0 amide bonds. The highest BCUT2D eigenvalue weighted by Gasteiger charge is 2.31. The van der Waals surface area contributed by atoms with Crippen molar-refractivity contribution in [1.82, 2.24) is 15.1 Å². The number of likely N-dealkylation sites (tertiary alicyclic amines) is 2. The highest BCUT2D eigenvalue weighted by molar-refractivity contribution is 6.30.